The van der Waals surface area contributed by atoms with Gasteiger partial charge in [-0.2, -0.15) is 0 Å². The van der Waals surface area contributed by atoms with Crippen molar-refractivity contribution in [2.45, 2.75) is 38.6 Å². The zero-order valence-electron chi connectivity index (χ0n) is 14.0. The Morgan fingerprint density at radius 3 is 2.54 bits per heavy atom. The minimum Gasteiger partial charge on any atom is -0.240 e. The Bertz CT molecular complexity index is 789. The van der Waals surface area contributed by atoms with E-state index in [1.165, 1.54) is 0 Å². The second-order valence-corrected chi connectivity index (χ2v) is 8.38. The molecule has 1 saturated carbocycles. The third-order valence-electron chi connectivity index (χ3n) is 4.33. The van der Waals surface area contributed by atoms with Crippen LogP contribution in [-0.4, -0.2) is 24.1 Å². The normalized spacial score (nSPS) is 17.4. The van der Waals surface area contributed by atoms with E-state index in [0.717, 1.165) is 24.1 Å². The molecule has 0 radical (unpaired) electrons. The van der Waals surface area contributed by atoms with E-state index in [4.69, 9.17) is 0 Å². The lowest BCUT2D eigenvalue weighted by molar-refractivity contribution is 0.507. The van der Waals surface area contributed by atoms with Crippen molar-refractivity contribution in [1.29, 1.82) is 0 Å². The van der Waals surface area contributed by atoms with E-state index < -0.39 is 10.0 Å². The van der Waals surface area contributed by atoms with E-state index in [1.54, 1.807) is 6.20 Å². The number of hydrogen-bond acceptors (Lipinski definition) is 4. The van der Waals surface area contributed by atoms with Gasteiger partial charge in [-0.05, 0) is 43.2 Å². The summed E-state index contributed by atoms with van der Waals surface area (Å²) in [6.45, 7) is 3.82. The van der Waals surface area contributed by atoms with Gasteiger partial charge in [0, 0.05) is 11.9 Å². The van der Waals surface area contributed by atoms with Crippen molar-refractivity contribution in [2.24, 2.45) is 5.92 Å². The summed E-state index contributed by atoms with van der Waals surface area (Å²) >= 11 is 0. The minimum atomic E-state index is -3.42. The molecule has 5 nitrogen and oxygen atoms in total. The number of benzene rings is 1. The highest BCUT2D eigenvalue weighted by molar-refractivity contribution is 7.89. The number of sulfonamides is 1. The van der Waals surface area contributed by atoms with Crippen LogP contribution in [-0.2, 0) is 10.0 Å². The fourth-order valence-electron chi connectivity index (χ4n) is 2.86. The second-order valence-electron chi connectivity index (χ2n) is 6.58. The fourth-order valence-corrected chi connectivity index (χ4v) is 4.49. The van der Waals surface area contributed by atoms with Crippen molar-refractivity contribution in [2.75, 3.05) is 5.75 Å². The molecule has 0 spiro atoms. The average Bonchev–Trinajstić information content (AvgIpc) is 3.38. The molecule has 6 heteroatoms. The Balaban J connectivity index is 1.74. The van der Waals surface area contributed by atoms with Gasteiger partial charge in [-0.3, -0.25) is 0 Å². The van der Waals surface area contributed by atoms with Crippen LogP contribution in [0.4, 0.5) is 0 Å². The Labute approximate surface area is 143 Å². The van der Waals surface area contributed by atoms with Gasteiger partial charge in [0.1, 0.15) is 5.82 Å². The highest BCUT2D eigenvalue weighted by Crippen LogP contribution is 2.40. The number of hydrogen-bond donors (Lipinski definition) is 1. The van der Waals surface area contributed by atoms with Crippen LogP contribution in [0.1, 0.15) is 48.8 Å². The molecule has 0 amide bonds. The predicted octanol–water partition coefficient (Wildman–Crippen LogP) is 2.96. The van der Waals surface area contributed by atoms with E-state index in [0.29, 0.717) is 11.7 Å². The van der Waals surface area contributed by atoms with E-state index in [1.807, 2.05) is 50.2 Å². The maximum Gasteiger partial charge on any atom is 0.212 e. The van der Waals surface area contributed by atoms with Crippen LogP contribution in [0.15, 0.2) is 42.6 Å². The van der Waals surface area contributed by atoms with Crippen molar-refractivity contribution < 1.29 is 8.42 Å². The summed E-state index contributed by atoms with van der Waals surface area (Å²) in [5, 5.41) is 0. The van der Waals surface area contributed by atoms with Gasteiger partial charge in [-0.15, -0.1) is 0 Å². The first-order valence-electron chi connectivity index (χ1n) is 8.29. The summed E-state index contributed by atoms with van der Waals surface area (Å²) in [6, 6.07) is 11.2. The monoisotopic (exact) mass is 345 g/mol. The Hall–Kier alpha value is -1.79. The molecule has 1 aromatic carbocycles. The smallest absolute Gasteiger partial charge is 0.212 e. The standard InChI is InChI=1S/C18H23N3O2S/c1-13(15-6-4-3-5-7-15)12-24(22,23)21-17(16-8-9-16)18-19-11-10-14(2)20-18/h3-7,10-11,13,16-17,21H,8-9,12H2,1-2H3/t13-,17-/m0/s1. The highest BCUT2D eigenvalue weighted by atomic mass is 32.2. The number of rotatable bonds is 7. The first-order valence-corrected chi connectivity index (χ1v) is 9.94. The summed E-state index contributed by atoms with van der Waals surface area (Å²) in [5.74, 6) is 0.871. The van der Waals surface area contributed by atoms with Crippen LogP contribution in [0.3, 0.4) is 0 Å². The molecular formula is C18H23N3O2S. The van der Waals surface area contributed by atoms with Crippen LogP contribution in [0.5, 0.6) is 0 Å². The van der Waals surface area contributed by atoms with Crippen LogP contribution in [0.2, 0.25) is 0 Å². The van der Waals surface area contributed by atoms with Gasteiger partial charge in [-0.1, -0.05) is 37.3 Å². The molecule has 1 aliphatic rings. The molecule has 128 valence electrons. The molecule has 0 saturated heterocycles. The van der Waals surface area contributed by atoms with Gasteiger partial charge in [0.25, 0.3) is 0 Å². The van der Waals surface area contributed by atoms with Crippen molar-refractivity contribution in [3.8, 4) is 0 Å². The summed E-state index contributed by atoms with van der Waals surface area (Å²) in [7, 11) is -3.42. The van der Waals surface area contributed by atoms with Gasteiger partial charge in [0.2, 0.25) is 10.0 Å². The van der Waals surface area contributed by atoms with Crippen molar-refractivity contribution >= 4 is 10.0 Å². The maximum absolute atomic E-state index is 12.6. The van der Waals surface area contributed by atoms with Crippen LogP contribution >= 0.6 is 0 Å². The Morgan fingerprint density at radius 2 is 1.92 bits per heavy atom. The molecular weight excluding hydrogens is 322 g/mol. The van der Waals surface area contributed by atoms with Gasteiger partial charge in [0.15, 0.2) is 0 Å². The number of nitrogens with zero attached hydrogens (tertiary/aromatic N) is 2. The predicted molar refractivity (Wildman–Crippen MR) is 94.0 cm³/mol. The van der Waals surface area contributed by atoms with Gasteiger partial charge < -0.3 is 0 Å². The lowest BCUT2D eigenvalue weighted by Gasteiger charge is -2.19. The van der Waals surface area contributed by atoms with Gasteiger partial charge in [0.05, 0.1) is 11.8 Å². The van der Waals surface area contributed by atoms with E-state index in [-0.39, 0.29) is 17.7 Å². The van der Waals surface area contributed by atoms with Crippen LogP contribution in [0.25, 0.3) is 0 Å². The zero-order chi connectivity index (χ0) is 17.2. The first kappa shape index (κ1) is 17.0. The number of aryl methyl sites for hydroxylation is 1. The van der Waals surface area contributed by atoms with Crippen molar-refractivity contribution in [1.82, 2.24) is 14.7 Å². The third-order valence-corrected chi connectivity index (χ3v) is 5.88. The Kier molecular flexibility index (Phi) is 4.96. The summed E-state index contributed by atoms with van der Waals surface area (Å²) in [6.07, 6.45) is 3.71. The molecule has 2 aromatic rings. The van der Waals surface area contributed by atoms with E-state index in [9.17, 15) is 8.42 Å². The van der Waals surface area contributed by atoms with Crippen LogP contribution < -0.4 is 4.72 Å². The lowest BCUT2D eigenvalue weighted by atomic mass is 10.0. The summed E-state index contributed by atoms with van der Waals surface area (Å²) < 4.78 is 28.1. The largest absolute Gasteiger partial charge is 0.240 e. The van der Waals surface area contributed by atoms with Crippen molar-refractivity contribution in [3.05, 3.63) is 59.7 Å². The second kappa shape index (κ2) is 6.99. The van der Waals surface area contributed by atoms with E-state index >= 15 is 0 Å². The first-order chi connectivity index (χ1) is 11.4. The molecule has 1 fully saturated rings. The lowest BCUT2D eigenvalue weighted by Crippen LogP contribution is -2.34. The number of nitrogens with one attached hydrogen (secondary N) is 1. The van der Waals surface area contributed by atoms with Crippen molar-refractivity contribution in [3.63, 3.8) is 0 Å². The molecule has 1 N–H and O–H groups in total. The molecule has 1 aromatic heterocycles. The minimum absolute atomic E-state index is 0.0616. The Morgan fingerprint density at radius 1 is 1.21 bits per heavy atom. The fraction of sp³-hybridized carbons (Fsp3) is 0.444. The molecule has 1 aliphatic carbocycles. The number of aromatic nitrogens is 2. The highest BCUT2D eigenvalue weighted by Gasteiger charge is 2.37. The molecule has 0 aliphatic heterocycles. The molecule has 1 heterocycles. The topological polar surface area (TPSA) is 72.0 Å². The molecule has 2 atom stereocenters. The van der Waals surface area contributed by atoms with Gasteiger partial charge in [-0.25, -0.2) is 23.1 Å². The maximum atomic E-state index is 12.6. The van der Waals surface area contributed by atoms with E-state index in [2.05, 4.69) is 14.7 Å². The quantitative estimate of drug-likeness (QED) is 0.837. The average molecular weight is 345 g/mol. The molecule has 3 rings (SSSR count). The SMILES string of the molecule is Cc1ccnc([C@@H](NS(=O)(=O)C[C@H](C)c2ccccc2)C2CC2)n1. The molecule has 0 unspecified atom stereocenters. The zero-order valence-corrected chi connectivity index (χ0v) is 14.8. The van der Waals surface area contributed by atoms with Crippen LogP contribution in [0, 0.1) is 12.8 Å². The summed E-state index contributed by atoms with van der Waals surface area (Å²) in [5.41, 5.74) is 1.88. The summed E-state index contributed by atoms with van der Waals surface area (Å²) in [4.78, 5) is 8.70. The third kappa shape index (κ3) is 4.39. The molecule has 24 heavy (non-hydrogen) atoms. The molecule has 0 bridgehead atoms. The van der Waals surface area contributed by atoms with Gasteiger partial charge >= 0.3 is 0 Å².